The van der Waals surface area contributed by atoms with Gasteiger partial charge in [0.1, 0.15) is 12.4 Å². The number of carbonyl (C=O) groups excluding carboxylic acids is 1. The summed E-state index contributed by atoms with van der Waals surface area (Å²) < 4.78 is 5.74. The zero-order valence-corrected chi connectivity index (χ0v) is 11.1. The monoisotopic (exact) mass is 272 g/mol. The summed E-state index contributed by atoms with van der Waals surface area (Å²) in [6.45, 7) is 0.479. The number of benzene rings is 2. The fourth-order valence-corrected chi connectivity index (χ4v) is 2.53. The van der Waals surface area contributed by atoms with E-state index in [1.54, 1.807) is 0 Å². The van der Waals surface area contributed by atoms with Crippen LogP contribution < -0.4 is 4.74 Å². The van der Waals surface area contributed by atoms with E-state index >= 15 is 0 Å². The number of halogens is 1. The van der Waals surface area contributed by atoms with Gasteiger partial charge in [-0.2, -0.15) is 0 Å². The molecule has 0 saturated carbocycles. The van der Waals surface area contributed by atoms with Crippen molar-refractivity contribution in [2.75, 3.05) is 0 Å². The fraction of sp³-hybridized carbons (Fsp3) is 0.188. The van der Waals surface area contributed by atoms with E-state index in [-0.39, 0.29) is 5.78 Å². The number of carbonyl (C=O) groups is 1. The molecule has 0 aliphatic heterocycles. The Labute approximate surface area is 117 Å². The maximum atomic E-state index is 11.5. The van der Waals surface area contributed by atoms with Gasteiger partial charge in [-0.05, 0) is 47.9 Å². The van der Waals surface area contributed by atoms with Gasteiger partial charge in [0, 0.05) is 17.0 Å². The predicted octanol–water partition coefficient (Wildman–Crippen LogP) is 4.05. The number of aryl methyl sites for hydroxylation is 1. The van der Waals surface area contributed by atoms with Crippen LogP contribution in [0.5, 0.6) is 5.75 Å². The van der Waals surface area contributed by atoms with Gasteiger partial charge in [0.05, 0.1) is 0 Å². The summed E-state index contributed by atoms with van der Waals surface area (Å²) in [6.07, 6.45) is 1.44. The van der Waals surface area contributed by atoms with Gasteiger partial charge in [0.15, 0.2) is 5.78 Å². The molecule has 0 atom stereocenters. The molecular weight excluding hydrogens is 260 g/mol. The van der Waals surface area contributed by atoms with Crippen LogP contribution >= 0.6 is 11.6 Å². The van der Waals surface area contributed by atoms with Crippen molar-refractivity contribution >= 4 is 17.4 Å². The van der Waals surface area contributed by atoms with Crippen molar-refractivity contribution in [3.05, 3.63) is 64.2 Å². The van der Waals surface area contributed by atoms with Gasteiger partial charge in [-0.25, -0.2) is 0 Å². The molecular formula is C16H13ClO2. The normalized spacial score (nSPS) is 13.4. The van der Waals surface area contributed by atoms with Crippen LogP contribution in [0, 0.1) is 0 Å². The van der Waals surface area contributed by atoms with Crippen LogP contribution in [-0.4, -0.2) is 5.78 Å². The Hall–Kier alpha value is -1.80. The van der Waals surface area contributed by atoms with E-state index in [0.29, 0.717) is 18.1 Å². The molecule has 0 unspecified atom stereocenters. The number of ketones is 1. The average Bonchev–Trinajstić information content (AvgIpc) is 2.78. The number of fused-ring (bicyclic) bond motifs is 1. The second kappa shape index (κ2) is 5.06. The first kappa shape index (κ1) is 12.2. The molecule has 1 aliphatic carbocycles. The fourth-order valence-electron chi connectivity index (χ4n) is 2.32. The third-order valence-corrected chi connectivity index (χ3v) is 3.53. The van der Waals surface area contributed by atoms with Crippen LogP contribution in [0.1, 0.15) is 27.9 Å². The van der Waals surface area contributed by atoms with Gasteiger partial charge in [-0.1, -0.05) is 23.7 Å². The summed E-state index contributed by atoms with van der Waals surface area (Å²) in [6, 6.07) is 13.3. The molecule has 2 nitrogen and oxygen atoms in total. The molecule has 0 amide bonds. The first-order valence-electron chi connectivity index (χ1n) is 6.26. The van der Waals surface area contributed by atoms with E-state index in [1.807, 2.05) is 42.5 Å². The van der Waals surface area contributed by atoms with Gasteiger partial charge >= 0.3 is 0 Å². The van der Waals surface area contributed by atoms with Crippen LogP contribution in [0.25, 0.3) is 0 Å². The highest BCUT2D eigenvalue weighted by Crippen LogP contribution is 2.26. The summed E-state index contributed by atoms with van der Waals surface area (Å²) in [7, 11) is 0. The SMILES string of the molecule is O=C1CCc2cc(OCc3cccc(Cl)c3)ccc21. The van der Waals surface area contributed by atoms with Crippen LogP contribution in [-0.2, 0) is 13.0 Å². The zero-order chi connectivity index (χ0) is 13.2. The molecule has 0 N–H and O–H groups in total. The second-order valence-corrected chi connectivity index (χ2v) is 5.10. The van der Waals surface area contributed by atoms with Crippen molar-refractivity contribution in [3.8, 4) is 5.75 Å². The Kier molecular flexibility index (Phi) is 3.26. The Morgan fingerprint density at radius 3 is 2.84 bits per heavy atom. The summed E-state index contributed by atoms with van der Waals surface area (Å²) in [5, 5.41) is 0.709. The lowest BCUT2D eigenvalue weighted by atomic mass is 10.1. The molecule has 0 heterocycles. The van der Waals surface area contributed by atoms with E-state index < -0.39 is 0 Å². The molecule has 0 fully saturated rings. The molecule has 1 aliphatic rings. The lowest BCUT2D eigenvalue weighted by Crippen LogP contribution is -1.97. The van der Waals surface area contributed by atoms with E-state index in [9.17, 15) is 4.79 Å². The maximum absolute atomic E-state index is 11.5. The first-order valence-corrected chi connectivity index (χ1v) is 6.63. The van der Waals surface area contributed by atoms with Gasteiger partial charge in [0.25, 0.3) is 0 Å². The van der Waals surface area contributed by atoms with Crippen molar-refractivity contribution in [2.45, 2.75) is 19.4 Å². The van der Waals surface area contributed by atoms with Crippen molar-refractivity contribution in [1.82, 2.24) is 0 Å². The molecule has 0 aromatic heterocycles. The molecule has 3 rings (SSSR count). The number of hydrogen-bond acceptors (Lipinski definition) is 2. The number of hydrogen-bond donors (Lipinski definition) is 0. The standard InChI is InChI=1S/C16H13ClO2/c17-13-3-1-2-11(8-13)10-19-14-5-6-15-12(9-14)4-7-16(15)18/h1-3,5-6,8-9H,4,7,10H2. The highest BCUT2D eigenvalue weighted by molar-refractivity contribution is 6.30. The van der Waals surface area contributed by atoms with Crippen LogP contribution in [0.2, 0.25) is 5.02 Å². The minimum atomic E-state index is 0.233. The minimum Gasteiger partial charge on any atom is -0.489 e. The number of ether oxygens (including phenoxy) is 1. The summed E-state index contributed by atoms with van der Waals surface area (Å²) in [5.74, 6) is 1.03. The Morgan fingerprint density at radius 1 is 1.11 bits per heavy atom. The van der Waals surface area contributed by atoms with E-state index in [1.165, 1.54) is 0 Å². The molecule has 0 saturated heterocycles. The molecule has 0 spiro atoms. The van der Waals surface area contributed by atoms with E-state index in [0.717, 1.165) is 28.9 Å². The molecule has 2 aromatic rings. The molecule has 0 radical (unpaired) electrons. The topological polar surface area (TPSA) is 26.3 Å². The Morgan fingerprint density at radius 2 is 2.00 bits per heavy atom. The highest BCUT2D eigenvalue weighted by atomic mass is 35.5. The third-order valence-electron chi connectivity index (χ3n) is 3.29. The third kappa shape index (κ3) is 2.64. The average molecular weight is 273 g/mol. The van der Waals surface area contributed by atoms with Crippen LogP contribution in [0.4, 0.5) is 0 Å². The quantitative estimate of drug-likeness (QED) is 0.843. The Balaban J connectivity index is 1.73. The molecule has 3 heteroatoms. The Bertz CT molecular complexity index is 634. The highest BCUT2D eigenvalue weighted by Gasteiger charge is 2.19. The van der Waals surface area contributed by atoms with Gasteiger partial charge < -0.3 is 4.74 Å². The van der Waals surface area contributed by atoms with Crippen molar-refractivity contribution in [2.24, 2.45) is 0 Å². The molecule has 19 heavy (non-hydrogen) atoms. The van der Waals surface area contributed by atoms with Crippen LogP contribution in [0.15, 0.2) is 42.5 Å². The lowest BCUT2D eigenvalue weighted by Gasteiger charge is -2.08. The minimum absolute atomic E-state index is 0.233. The summed E-state index contributed by atoms with van der Waals surface area (Å²) >= 11 is 5.93. The van der Waals surface area contributed by atoms with Gasteiger partial charge in [-0.3, -0.25) is 4.79 Å². The summed E-state index contributed by atoms with van der Waals surface area (Å²) in [5.41, 5.74) is 2.97. The van der Waals surface area contributed by atoms with Crippen LogP contribution in [0.3, 0.4) is 0 Å². The van der Waals surface area contributed by atoms with E-state index in [2.05, 4.69) is 0 Å². The van der Waals surface area contributed by atoms with Crippen molar-refractivity contribution < 1.29 is 9.53 Å². The second-order valence-electron chi connectivity index (χ2n) is 4.66. The molecule has 2 aromatic carbocycles. The molecule has 96 valence electrons. The maximum Gasteiger partial charge on any atom is 0.163 e. The number of Topliss-reactive ketones (excluding diaryl/α,β-unsaturated/α-hetero) is 1. The van der Waals surface area contributed by atoms with Crippen molar-refractivity contribution in [1.29, 1.82) is 0 Å². The predicted molar refractivity (Wildman–Crippen MR) is 74.9 cm³/mol. The van der Waals surface area contributed by atoms with Crippen molar-refractivity contribution in [3.63, 3.8) is 0 Å². The van der Waals surface area contributed by atoms with E-state index in [4.69, 9.17) is 16.3 Å². The smallest absolute Gasteiger partial charge is 0.163 e. The van der Waals surface area contributed by atoms with Gasteiger partial charge in [0.2, 0.25) is 0 Å². The largest absolute Gasteiger partial charge is 0.489 e. The van der Waals surface area contributed by atoms with Gasteiger partial charge in [-0.15, -0.1) is 0 Å². The summed E-state index contributed by atoms with van der Waals surface area (Å²) in [4.78, 5) is 11.5. The zero-order valence-electron chi connectivity index (χ0n) is 10.4. The molecule has 0 bridgehead atoms. The lowest BCUT2D eigenvalue weighted by molar-refractivity contribution is 0.0994. The first-order chi connectivity index (χ1) is 9.22. The number of rotatable bonds is 3.